The first-order chi connectivity index (χ1) is 10.9. The predicted molar refractivity (Wildman–Crippen MR) is 83.1 cm³/mol. The molecule has 1 amide bonds. The van der Waals surface area contributed by atoms with Gasteiger partial charge in [0.05, 0.1) is 10.5 Å². The van der Waals surface area contributed by atoms with Crippen molar-refractivity contribution in [2.45, 2.75) is 51.7 Å². The van der Waals surface area contributed by atoms with Crippen molar-refractivity contribution in [2.75, 3.05) is 0 Å². The van der Waals surface area contributed by atoms with E-state index in [1.807, 2.05) is 0 Å². The zero-order valence-corrected chi connectivity index (χ0v) is 13.2. The molecule has 0 bridgehead atoms. The average molecular weight is 320 g/mol. The summed E-state index contributed by atoms with van der Waals surface area (Å²) in [6.45, 7) is 3.08. The van der Waals surface area contributed by atoms with Crippen molar-refractivity contribution in [2.24, 2.45) is 0 Å². The Bertz CT molecular complexity index is 623. The van der Waals surface area contributed by atoms with Gasteiger partial charge in [-0.25, -0.2) is 4.79 Å². The van der Waals surface area contributed by atoms with Crippen LogP contribution in [0.1, 0.15) is 48.5 Å². The third kappa shape index (κ3) is 4.28. The first-order valence-electron chi connectivity index (χ1n) is 7.65. The SMILES string of the molecule is Cc1ccc(C(=O)O[C@@H](C)C(=O)NC2CCCC2)cc1[N+](=O)[O-]. The zero-order chi connectivity index (χ0) is 17.0. The molecule has 0 aliphatic heterocycles. The lowest BCUT2D eigenvalue weighted by Gasteiger charge is -2.17. The number of ether oxygens (including phenoxy) is 1. The zero-order valence-electron chi connectivity index (χ0n) is 13.2. The highest BCUT2D eigenvalue weighted by molar-refractivity contribution is 5.93. The number of nitro groups is 1. The van der Waals surface area contributed by atoms with E-state index >= 15 is 0 Å². The number of carbonyl (C=O) groups excluding carboxylic acids is 2. The molecule has 0 saturated heterocycles. The Kier molecular flexibility index (Phi) is 5.31. The fourth-order valence-electron chi connectivity index (χ4n) is 2.60. The van der Waals surface area contributed by atoms with Crippen LogP contribution in [-0.2, 0) is 9.53 Å². The number of benzene rings is 1. The molecule has 0 spiro atoms. The maximum atomic E-state index is 12.1. The summed E-state index contributed by atoms with van der Waals surface area (Å²) in [7, 11) is 0. The van der Waals surface area contributed by atoms with E-state index < -0.39 is 17.0 Å². The van der Waals surface area contributed by atoms with Crippen molar-refractivity contribution in [1.82, 2.24) is 5.32 Å². The number of nitrogens with one attached hydrogen (secondary N) is 1. The van der Waals surface area contributed by atoms with E-state index in [0.29, 0.717) is 5.56 Å². The molecule has 1 aliphatic rings. The summed E-state index contributed by atoms with van der Waals surface area (Å²) < 4.78 is 5.11. The van der Waals surface area contributed by atoms with Gasteiger partial charge in [-0.2, -0.15) is 0 Å². The number of hydrogen-bond donors (Lipinski definition) is 1. The van der Waals surface area contributed by atoms with Crippen LogP contribution in [0.5, 0.6) is 0 Å². The molecule has 7 heteroatoms. The van der Waals surface area contributed by atoms with E-state index in [0.717, 1.165) is 25.7 Å². The number of esters is 1. The minimum absolute atomic E-state index is 0.0582. The van der Waals surface area contributed by atoms with Crippen LogP contribution in [0.4, 0.5) is 5.69 Å². The van der Waals surface area contributed by atoms with Gasteiger partial charge in [0.25, 0.3) is 11.6 Å². The second kappa shape index (κ2) is 7.21. The number of aryl methyl sites for hydroxylation is 1. The minimum Gasteiger partial charge on any atom is -0.449 e. The summed E-state index contributed by atoms with van der Waals surface area (Å²) in [4.78, 5) is 34.4. The average Bonchev–Trinajstić information content (AvgIpc) is 3.00. The van der Waals surface area contributed by atoms with Crippen LogP contribution in [-0.4, -0.2) is 28.9 Å². The fraction of sp³-hybridized carbons (Fsp3) is 0.500. The topological polar surface area (TPSA) is 98.5 Å². The van der Waals surface area contributed by atoms with Gasteiger partial charge >= 0.3 is 5.97 Å². The summed E-state index contributed by atoms with van der Waals surface area (Å²) in [5.41, 5.74) is 0.365. The van der Waals surface area contributed by atoms with Gasteiger partial charge < -0.3 is 10.1 Å². The minimum atomic E-state index is -0.941. The summed E-state index contributed by atoms with van der Waals surface area (Å²) in [5.74, 6) is -1.09. The standard InChI is InChI=1S/C16H20N2O5/c1-10-7-8-12(9-14(10)18(21)22)16(20)23-11(2)15(19)17-13-5-3-4-6-13/h7-9,11,13H,3-6H2,1-2H3,(H,17,19)/t11-/m0/s1. The van der Waals surface area contributed by atoms with E-state index in [1.54, 1.807) is 6.92 Å². The summed E-state index contributed by atoms with van der Waals surface area (Å²) in [6.07, 6.45) is 3.12. The molecule has 1 aliphatic carbocycles. The van der Waals surface area contributed by atoms with Crippen LogP contribution >= 0.6 is 0 Å². The smallest absolute Gasteiger partial charge is 0.339 e. The van der Waals surface area contributed by atoms with Gasteiger partial charge in [-0.1, -0.05) is 18.9 Å². The molecule has 1 atom stereocenters. The highest BCUT2D eigenvalue weighted by atomic mass is 16.6. The molecular weight excluding hydrogens is 300 g/mol. The Labute approximate surface area is 134 Å². The Morgan fingerprint density at radius 3 is 2.61 bits per heavy atom. The van der Waals surface area contributed by atoms with Gasteiger partial charge in [-0.3, -0.25) is 14.9 Å². The highest BCUT2D eigenvalue weighted by Crippen LogP contribution is 2.20. The number of nitrogens with zero attached hydrogens (tertiary/aromatic N) is 1. The Morgan fingerprint density at radius 2 is 2.00 bits per heavy atom. The third-order valence-corrected chi connectivity index (χ3v) is 4.00. The number of rotatable bonds is 5. The van der Waals surface area contributed by atoms with Gasteiger partial charge in [0.1, 0.15) is 0 Å². The maximum absolute atomic E-state index is 12.1. The van der Waals surface area contributed by atoms with Crippen molar-refractivity contribution in [1.29, 1.82) is 0 Å². The first kappa shape index (κ1) is 16.9. The number of hydrogen-bond acceptors (Lipinski definition) is 5. The molecule has 1 aromatic rings. The van der Waals surface area contributed by atoms with Crippen molar-refractivity contribution < 1.29 is 19.2 Å². The van der Waals surface area contributed by atoms with Crippen molar-refractivity contribution in [3.63, 3.8) is 0 Å². The molecule has 124 valence electrons. The molecule has 7 nitrogen and oxygen atoms in total. The van der Waals surface area contributed by atoms with Gasteiger partial charge in [0, 0.05) is 17.7 Å². The van der Waals surface area contributed by atoms with Crippen LogP contribution in [0.2, 0.25) is 0 Å². The lowest BCUT2D eigenvalue weighted by Crippen LogP contribution is -2.40. The number of amides is 1. The molecule has 0 heterocycles. The molecule has 0 aromatic heterocycles. The van der Waals surface area contributed by atoms with Crippen molar-refractivity contribution in [3.05, 3.63) is 39.4 Å². The van der Waals surface area contributed by atoms with E-state index in [4.69, 9.17) is 4.74 Å². The number of carbonyl (C=O) groups is 2. The second-order valence-electron chi connectivity index (χ2n) is 5.80. The molecule has 2 rings (SSSR count). The predicted octanol–water partition coefficient (Wildman–Crippen LogP) is 2.51. The molecular formula is C16H20N2O5. The van der Waals surface area contributed by atoms with Gasteiger partial charge in [0.15, 0.2) is 6.10 Å². The Morgan fingerprint density at radius 1 is 1.35 bits per heavy atom. The van der Waals surface area contributed by atoms with Crippen LogP contribution in [0.15, 0.2) is 18.2 Å². The van der Waals surface area contributed by atoms with Crippen LogP contribution in [0.3, 0.4) is 0 Å². The second-order valence-corrected chi connectivity index (χ2v) is 5.80. The molecule has 0 unspecified atom stereocenters. The van der Waals surface area contributed by atoms with E-state index in [-0.39, 0.29) is 23.2 Å². The van der Waals surface area contributed by atoms with Crippen molar-refractivity contribution in [3.8, 4) is 0 Å². The lowest BCUT2D eigenvalue weighted by atomic mass is 10.1. The Hall–Kier alpha value is -2.44. The van der Waals surface area contributed by atoms with Crippen LogP contribution < -0.4 is 5.32 Å². The maximum Gasteiger partial charge on any atom is 0.339 e. The summed E-state index contributed by atoms with van der Waals surface area (Å²) in [5, 5.41) is 13.8. The highest BCUT2D eigenvalue weighted by Gasteiger charge is 2.24. The van der Waals surface area contributed by atoms with E-state index in [1.165, 1.54) is 25.1 Å². The van der Waals surface area contributed by atoms with Crippen molar-refractivity contribution >= 4 is 17.6 Å². The third-order valence-electron chi connectivity index (χ3n) is 4.00. The molecule has 1 N–H and O–H groups in total. The molecule has 1 aromatic carbocycles. The van der Waals surface area contributed by atoms with Gasteiger partial charge in [-0.15, -0.1) is 0 Å². The summed E-state index contributed by atoms with van der Waals surface area (Å²) >= 11 is 0. The summed E-state index contributed by atoms with van der Waals surface area (Å²) in [6, 6.07) is 4.24. The molecule has 1 saturated carbocycles. The Balaban J connectivity index is 1.99. The monoisotopic (exact) mass is 320 g/mol. The lowest BCUT2D eigenvalue weighted by molar-refractivity contribution is -0.385. The first-order valence-corrected chi connectivity index (χ1v) is 7.65. The number of nitro benzene ring substituents is 1. The van der Waals surface area contributed by atoms with Gasteiger partial charge in [0.2, 0.25) is 0 Å². The largest absolute Gasteiger partial charge is 0.449 e. The van der Waals surface area contributed by atoms with E-state index in [2.05, 4.69) is 5.32 Å². The van der Waals surface area contributed by atoms with E-state index in [9.17, 15) is 19.7 Å². The van der Waals surface area contributed by atoms with Crippen LogP contribution in [0.25, 0.3) is 0 Å². The van der Waals surface area contributed by atoms with Crippen LogP contribution in [0, 0.1) is 17.0 Å². The molecule has 1 fully saturated rings. The molecule has 0 radical (unpaired) electrons. The quantitative estimate of drug-likeness (QED) is 0.510. The normalized spacial score (nSPS) is 15.9. The molecule has 23 heavy (non-hydrogen) atoms. The van der Waals surface area contributed by atoms with Gasteiger partial charge in [-0.05, 0) is 32.8 Å². The fourth-order valence-corrected chi connectivity index (χ4v) is 2.60.